The number of nitro benzene ring substituents is 1. The Morgan fingerprint density at radius 3 is 2.74 bits per heavy atom. The summed E-state index contributed by atoms with van der Waals surface area (Å²) in [6.45, 7) is 0. The highest BCUT2D eigenvalue weighted by atomic mass is 32.1. The number of aromatic nitrogens is 1. The molecule has 0 aliphatic rings. The number of rotatable bonds is 3. The van der Waals surface area contributed by atoms with E-state index >= 15 is 0 Å². The van der Waals surface area contributed by atoms with Crippen LogP contribution in [0.1, 0.15) is 5.56 Å². The number of hydrogen-bond acceptors (Lipinski definition) is 4. The maximum atomic E-state index is 12.5. The predicted octanol–water partition coefficient (Wildman–Crippen LogP) is 3.97. The molecule has 0 saturated carbocycles. The molecule has 1 heterocycles. The van der Waals surface area contributed by atoms with E-state index < -0.39 is 4.92 Å². The number of aryl methyl sites for hydroxylation is 1. The van der Waals surface area contributed by atoms with Gasteiger partial charge >= 0.3 is 0 Å². The van der Waals surface area contributed by atoms with Gasteiger partial charge in [0, 0.05) is 19.2 Å². The van der Waals surface area contributed by atoms with Crippen LogP contribution in [-0.4, -0.2) is 15.4 Å². The SMILES string of the molecule is Cn1c(=NC(=O)Cc2cccc3ccccc23)sc2ccc([N+](=O)[O-])cc21. The van der Waals surface area contributed by atoms with Crippen LogP contribution in [0.5, 0.6) is 0 Å². The number of fused-ring (bicyclic) bond motifs is 2. The Labute approximate surface area is 158 Å². The zero-order valence-electron chi connectivity index (χ0n) is 14.5. The van der Waals surface area contributed by atoms with Gasteiger partial charge < -0.3 is 4.57 Å². The van der Waals surface area contributed by atoms with Crippen LogP contribution in [-0.2, 0) is 18.3 Å². The molecule has 0 aliphatic carbocycles. The van der Waals surface area contributed by atoms with E-state index in [4.69, 9.17) is 0 Å². The number of hydrogen-bond donors (Lipinski definition) is 0. The van der Waals surface area contributed by atoms with Gasteiger partial charge in [0.1, 0.15) is 0 Å². The summed E-state index contributed by atoms with van der Waals surface area (Å²) in [5, 5.41) is 13.1. The van der Waals surface area contributed by atoms with Crippen molar-refractivity contribution in [1.82, 2.24) is 4.57 Å². The third-order valence-electron chi connectivity index (χ3n) is 4.44. The van der Waals surface area contributed by atoms with Crippen LogP contribution >= 0.6 is 11.3 Å². The van der Waals surface area contributed by atoms with Crippen molar-refractivity contribution in [2.75, 3.05) is 0 Å². The molecule has 4 rings (SSSR count). The summed E-state index contributed by atoms with van der Waals surface area (Å²) in [6, 6.07) is 18.5. The Hall–Kier alpha value is -3.32. The molecule has 4 aromatic rings. The summed E-state index contributed by atoms with van der Waals surface area (Å²) < 4.78 is 2.56. The minimum Gasteiger partial charge on any atom is -0.319 e. The first-order chi connectivity index (χ1) is 13.0. The van der Waals surface area contributed by atoms with E-state index in [-0.39, 0.29) is 18.0 Å². The van der Waals surface area contributed by atoms with Crippen LogP contribution in [0.4, 0.5) is 5.69 Å². The zero-order chi connectivity index (χ0) is 19.0. The Morgan fingerprint density at radius 2 is 1.93 bits per heavy atom. The van der Waals surface area contributed by atoms with E-state index in [9.17, 15) is 14.9 Å². The quantitative estimate of drug-likeness (QED) is 0.400. The molecule has 0 aliphatic heterocycles. The molecule has 0 spiro atoms. The molecule has 134 valence electrons. The van der Waals surface area contributed by atoms with E-state index in [0.29, 0.717) is 10.3 Å². The lowest BCUT2D eigenvalue weighted by atomic mass is 10.0. The van der Waals surface area contributed by atoms with Crippen molar-refractivity contribution in [1.29, 1.82) is 0 Å². The summed E-state index contributed by atoms with van der Waals surface area (Å²) >= 11 is 1.34. The van der Waals surface area contributed by atoms with Gasteiger partial charge in [-0.15, -0.1) is 0 Å². The standard InChI is InChI=1S/C20H15N3O3S/c1-22-17-12-15(23(25)26)9-10-18(17)27-20(22)21-19(24)11-14-7-4-6-13-5-2-3-8-16(13)14/h2-10,12H,11H2,1H3. The molecule has 6 nitrogen and oxygen atoms in total. The van der Waals surface area contributed by atoms with Crippen molar-refractivity contribution < 1.29 is 9.72 Å². The highest BCUT2D eigenvalue weighted by molar-refractivity contribution is 7.16. The van der Waals surface area contributed by atoms with E-state index in [1.165, 1.54) is 23.5 Å². The molecule has 1 amide bonds. The lowest BCUT2D eigenvalue weighted by molar-refractivity contribution is -0.384. The van der Waals surface area contributed by atoms with Crippen molar-refractivity contribution in [3.8, 4) is 0 Å². The highest BCUT2D eigenvalue weighted by Gasteiger charge is 2.11. The van der Waals surface area contributed by atoms with Gasteiger partial charge in [0.25, 0.3) is 11.6 Å². The van der Waals surface area contributed by atoms with Crippen LogP contribution in [0.2, 0.25) is 0 Å². The molecule has 0 fully saturated rings. The molecule has 0 atom stereocenters. The number of thiazole rings is 1. The Balaban J connectivity index is 1.71. The van der Waals surface area contributed by atoms with Crippen molar-refractivity contribution in [3.63, 3.8) is 0 Å². The number of non-ortho nitro benzene ring substituents is 1. The molecule has 3 aromatic carbocycles. The number of nitrogens with zero attached hydrogens (tertiary/aromatic N) is 3. The fraction of sp³-hybridized carbons (Fsp3) is 0.100. The molecular formula is C20H15N3O3S. The zero-order valence-corrected chi connectivity index (χ0v) is 15.3. The Morgan fingerprint density at radius 1 is 1.15 bits per heavy atom. The lowest BCUT2D eigenvalue weighted by Crippen LogP contribution is -2.14. The first-order valence-electron chi connectivity index (χ1n) is 8.31. The van der Waals surface area contributed by atoms with Crippen molar-refractivity contribution in [2.45, 2.75) is 6.42 Å². The second-order valence-electron chi connectivity index (χ2n) is 6.17. The summed E-state index contributed by atoms with van der Waals surface area (Å²) in [5.41, 5.74) is 1.64. The van der Waals surface area contributed by atoms with Crippen LogP contribution in [0.3, 0.4) is 0 Å². The number of carbonyl (C=O) groups is 1. The molecule has 0 saturated heterocycles. The average molecular weight is 377 g/mol. The third-order valence-corrected chi connectivity index (χ3v) is 5.56. The summed E-state index contributed by atoms with van der Waals surface area (Å²) in [4.78, 5) is 27.9. The first-order valence-corrected chi connectivity index (χ1v) is 9.13. The second-order valence-corrected chi connectivity index (χ2v) is 7.18. The largest absolute Gasteiger partial charge is 0.319 e. The normalized spacial score (nSPS) is 12.0. The van der Waals surface area contributed by atoms with Crippen LogP contribution in [0, 0.1) is 10.1 Å². The minimum absolute atomic E-state index is 0.0181. The van der Waals surface area contributed by atoms with Crippen molar-refractivity contribution in [2.24, 2.45) is 12.0 Å². The van der Waals surface area contributed by atoms with Gasteiger partial charge in [-0.1, -0.05) is 53.8 Å². The molecule has 0 unspecified atom stereocenters. The predicted molar refractivity (Wildman–Crippen MR) is 106 cm³/mol. The molecule has 0 bridgehead atoms. The number of amides is 1. The summed E-state index contributed by atoms with van der Waals surface area (Å²) in [6.07, 6.45) is 0.204. The smallest absolute Gasteiger partial charge is 0.271 e. The van der Waals surface area contributed by atoms with Gasteiger partial charge in [0.15, 0.2) is 4.80 Å². The molecule has 27 heavy (non-hydrogen) atoms. The summed E-state index contributed by atoms with van der Waals surface area (Å²) in [7, 11) is 1.76. The Kier molecular flexibility index (Phi) is 4.29. The lowest BCUT2D eigenvalue weighted by Gasteiger charge is -2.03. The average Bonchev–Trinajstić information content (AvgIpc) is 2.97. The van der Waals surface area contributed by atoms with Crippen LogP contribution in [0.15, 0.2) is 65.7 Å². The molecule has 0 radical (unpaired) electrons. The third kappa shape index (κ3) is 3.24. The maximum absolute atomic E-state index is 12.5. The van der Waals surface area contributed by atoms with E-state index in [1.807, 2.05) is 42.5 Å². The number of benzene rings is 3. The van der Waals surface area contributed by atoms with Gasteiger partial charge in [-0.25, -0.2) is 0 Å². The van der Waals surface area contributed by atoms with E-state index in [1.54, 1.807) is 17.7 Å². The topological polar surface area (TPSA) is 77.5 Å². The first kappa shape index (κ1) is 17.1. The second kappa shape index (κ2) is 6.77. The van der Waals surface area contributed by atoms with Gasteiger partial charge in [0.2, 0.25) is 0 Å². The van der Waals surface area contributed by atoms with Gasteiger partial charge in [-0.2, -0.15) is 4.99 Å². The monoisotopic (exact) mass is 377 g/mol. The summed E-state index contributed by atoms with van der Waals surface area (Å²) in [5.74, 6) is -0.247. The fourth-order valence-corrected chi connectivity index (χ4v) is 4.11. The van der Waals surface area contributed by atoms with Crippen molar-refractivity contribution in [3.05, 3.63) is 81.1 Å². The van der Waals surface area contributed by atoms with Crippen molar-refractivity contribution >= 4 is 43.9 Å². The van der Waals surface area contributed by atoms with Crippen LogP contribution < -0.4 is 4.80 Å². The van der Waals surface area contributed by atoms with Crippen LogP contribution in [0.25, 0.3) is 21.0 Å². The van der Waals surface area contributed by atoms with Gasteiger partial charge in [-0.05, 0) is 22.4 Å². The Bertz CT molecular complexity index is 1270. The fourth-order valence-electron chi connectivity index (χ4n) is 3.09. The molecular weight excluding hydrogens is 362 g/mol. The van der Waals surface area contributed by atoms with E-state index in [0.717, 1.165) is 21.0 Å². The molecule has 0 N–H and O–H groups in total. The maximum Gasteiger partial charge on any atom is 0.271 e. The molecule has 7 heteroatoms. The highest BCUT2D eigenvalue weighted by Crippen LogP contribution is 2.22. The molecule has 1 aromatic heterocycles. The van der Waals surface area contributed by atoms with E-state index in [2.05, 4.69) is 4.99 Å². The number of nitro groups is 1. The van der Waals surface area contributed by atoms with Gasteiger partial charge in [0.05, 0.1) is 21.6 Å². The van der Waals surface area contributed by atoms with Gasteiger partial charge in [-0.3, -0.25) is 14.9 Å². The number of carbonyl (C=O) groups excluding carboxylic acids is 1. The minimum atomic E-state index is -0.431.